The molecule has 12 aliphatic rings. The van der Waals surface area contributed by atoms with E-state index in [1.54, 1.807) is 0 Å². The summed E-state index contributed by atoms with van der Waals surface area (Å²) in [5.74, 6) is 0.659. The Morgan fingerprint density at radius 2 is 0.931 bits per heavy atom. The van der Waals surface area contributed by atoms with Crippen LogP contribution in [0.3, 0.4) is 0 Å². The van der Waals surface area contributed by atoms with Crippen LogP contribution in [0.4, 0.5) is 0 Å². The molecular weight excluding hydrogens is 991 g/mol. The van der Waals surface area contributed by atoms with Crippen LogP contribution in [0.25, 0.3) is 0 Å². The summed E-state index contributed by atoms with van der Waals surface area (Å²) in [6.07, 6.45) is -18.1. The van der Waals surface area contributed by atoms with E-state index >= 15 is 0 Å². The number of rotatable bonds is 21. The molecule has 414 valence electrons. The number of nitrogens with zero attached hydrogens (tertiary/aromatic N) is 1. The topological polar surface area (TPSA) is 338 Å². The van der Waals surface area contributed by atoms with Gasteiger partial charge in [-0.05, 0) is 57.0 Å². The van der Waals surface area contributed by atoms with Gasteiger partial charge in [-0.15, -0.1) is 0 Å². The standard InChI is InChI=1S/C47H79N3O20S2/c1-24(12-16-71-20-31-27-8-4-6-14-63-44-40(61)36(57)42(29(18-51)65-44)69-46(67-31)38(59)34(27)55)48-22-50(33(54)11-10-26(3)53)23-49-25(2)13-17-72-21-32-28-9-5-7-15-64-45-41(62)37(58)43(30(19-52)66-45)70-47(68-32)39(60)35(28)56/h27-32,34-49,51-52,55-62H,1-2,4-23H2,3H3. The van der Waals surface area contributed by atoms with Gasteiger partial charge in [-0.3, -0.25) is 4.79 Å². The smallest absolute Gasteiger partial charge is 0.225 e. The predicted molar refractivity (Wildman–Crippen MR) is 258 cm³/mol. The third-order valence-corrected chi connectivity index (χ3v) is 16.2. The first-order valence-corrected chi connectivity index (χ1v) is 27.4. The lowest BCUT2D eigenvalue weighted by molar-refractivity contribution is -0.354. The molecule has 23 nitrogen and oxygen atoms in total. The number of allylic oxidation sites excluding steroid dienone is 2. The number of aliphatic hydroxyl groups is 10. The van der Waals surface area contributed by atoms with Gasteiger partial charge in [0.15, 0.2) is 25.2 Å². The molecule has 0 aromatic carbocycles. The van der Waals surface area contributed by atoms with Crippen molar-refractivity contribution in [3.8, 4) is 0 Å². The molecule has 1 amide bonds. The largest absolute Gasteiger partial charge is 0.394 e. The molecule has 20 unspecified atom stereocenters. The van der Waals surface area contributed by atoms with E-state index in [1.165, 1.54) is 35.3 Å². The number of aliphatic hydroxyl groups excluding tert-OH is 10. The molecule has 0 spiro atoms. The van der Waals surface area contributed by atoms with E-state index in [0.29, 0.717) is 85.8 Å². The summed E-state index contributed by atoms with van der Waals surface area (Å²) < 4.78 is 47.1. The lowest BCUT2D eigenvalue weighted by atomic mass is 9.85. The van der Waals surface area contributed by atoms with Gasteiger partial charge in [0.2, 0.25) is 5.91 Å². The zero-order chi connectivity index (χ0) is 52.1. The Hall–Kier alpha value is -1.80. The van der Waals surface area contributed by atoms with Crippen molar-refractivity contribution in [1.29, 1.82) is 0 Å². The molecule has 0 aromatic rings. The van der Waals surface area contributed by atoms with Gasteiger partial charge >= 0.3 is 0 Å². The van der Waals surface area contributed by atoms with E-state index in [2.05, 4.69) is 23.8 Å². The number of amides is 1. The average Bonchev–Trinajstić information content (AvgIpc) is 3.36. The Morgan fingerprint density at radius 1 is 0.528 bits per heavy atom. The third-order valence-electron chi connectivity index (χ3n) is 14.1. The molecule has 12 N–H and O–H groups in total. The number of hydrogen-bond acceptors (Lipinski definition) is 24. The van der Waals surface area contributed by atoms with Gasteiger partial charge in [-0.25, -0.2) is 0 Å². The number of carbonyl (C=O) groups excluding carboxylic acids is 2. The fourth-order valence-electron chi connectivity index (χ4n) is 9.68. The quantitative estimate of drug-likeness (QED) is 0.0426. The van der Waals surface area contributed by atoms with E-state index in [9.17, 15) is 60.7 Å². The predicted octanol–water partition coefficient (Wildman–Crippen LogP) is -2.27. The van der Waals surface area contributed by atoms with Gasteiger partial charge in [0, 0.05) is 60.8 Å². The Kier molecular flexibility index (Phi) is 24.0. The second kappa shape index (κ2) is 29.1. The summed E-state index contributed by atoms with van der Waals surface area (Å²) in [5, 5.41) is 114. The zero-order valence-corrected chi connectivity index (χ0v) is 42.6. The lowest BCUT2D eigenvalue weighted by Crippen LogP contribution is -2.63. The van der Waals surface area contributed by atoms with E-state index < -0.39 is 136 Å². The highest BCUT2D eigenvalue weighted by Crippen LogP contribution is 2.38. The monoisotopic (exact) mass is 1070 g/mol. The van der Waals surface area contributed by atoms with Gasteiger partial charge in [-0.2, -0.15) is 23.5 Å². The molecule has 12 rings (SSSR count). The summed E-state index contributed by atoms with van der Waals surface area (Å²) in [6.45, 7) is 9.13. The van der Waals surface area contributed by atoms with Crippen molar-refractivity contribution in [2.75, 3.05) is 62.8 Å². The molecule has 0 radical (unpaired) electrons. The Balaban J connectivity index is 0.962. The fraction of sp³-hybridized carbons (Fsp3) is 0.872. The number of ketones is 1. The molecule has 25 heteroatoms. The van der Waals surface area contributed by atoms with Crippen molar-refractivity contribution in [3.05, 3.63) is 24.6 Å². The summed E-state index contributed by atoms with van der Waals surface area (Å²) in [6, 6.07) is 0. The second-order valence-electron chi connectivity index (χ2n) is 19.4. The van der Waals surface area contributed by atoms with Crippen molar-refractivity contribution in [2.24, 2.45) is 11.8 Å². The van der Waals surface area contributed by atoms with Crippen molar-refractivity contribution in [3.63, 3.8) is 0 Å². The maximum atomic E-state index is 13.3. The zero-order valence-electron chi connectivity index (χ0n) is 40.9. The van der Waals surface area contributed by atoms with Crippen LogP contribution in [0.1, 0.15) is 71.1 Å². The van der Waals surface area contributed by atoms with Crippen LogP contribution >= 0.6 is 23.5 Å². The lowest BCUT2D eigenvalue weighted by Gasteiger charge is -2.47. The molecule has 12 heterocycles. The van der Waals surface area contributed by atoms with Crippen molar-refractivity contribution in [1.82, 2.24) is 15.5 Å². The highest BCUT2D eigenvalue weighted by atomic mass is 32.2. The summed E-state index contributed by atoms with van der Waals surface area (Å²) in [4.78, 5) is 26.7. The average molecular weight is 1070 g/mol. The maximum absolute atomic E-state index is 13.3. The van der Waals surface area contributed by atoms with Crippen LogP contribution in [0, 0.1) is 11.8 Å². The Morgan fingerprint density at radius 3 is 1.33 bits per heavy atom. The molecular formula is C47H79N3O20S2. The highest BCUT2D eigenvalue weighted by Gasteiger charge is 2.53. The van der Waals surface area contributed by atoms with Gasteiger partial charge in [0.1, 0.15) is 66.8 Å². The number of Topliss-reactive ketones (excluding diaryl/α,β-unsaturated/α-hetero) is 1. The summed E-state index contributed by atoms with van der Waals surface area (Å²) >= 11 is 3.05. The Labute approximate surface area is 428 Å². The molecule has 0 saturated carbocycles. The highest BCUT2D eigenvalue weighted by molar-refractivity contribution is 7.99. The second-order valence-corrected chi connectivity index (χ2v) is 21.7. The first-order valence-electron chi connectivity index (χ1n) is 25.1. The SMILES string of the molecule is C=C(CCSCC1OC2OC3C(CO)OC(OCCCCC1C(O)C2O)C(O)C3O)NCN(CNC(=C)CCSCC1OC2OC3C(CO)OC(OCCCCC1C(O)C2O)C(O)C3O)C(=O)CCC(C)=O. The van der Waals surface area contributed by atoms with Crippen molar-refractivity contribution < 1.29 is 98.5 Å². The number of nitrogens with one attached hydrogen (secondary N) is 2. The van der Waals surface area contributed by atoms with Gasteiger partial charge < -0.3 is 109 Å². The van der Waals surface area contributed by atoms with Gasteiger partial charge in [-0.1, -0.05) is 26.0 Å². The molecule has 12 fully saturated rings. The van der Waals surface area contributed by atoms with Crippen LogP contribution < -0.4 is 10.6 Å². The summed E-state index contributed by atoms with van der Waals surface area (Å²) in [7, 11) is 0. The number of carbonyl (C=O) groups is 2. The van der Waals surface area contributed by atoms with Crippen LogP contribution in [0.15, 0.2) is 24.6 Å². The van der Waals surface area contributed by atoms with Crippen LogP contribution in [0.2, 0.25) is 0 Å². The van der Waals surface area contributed by atoms with E-state index in [1.807, 2.05) is 0 Å². The number of hydrogen-bond donors (Lipinski definition) is 12. The Bertz CT molecular complexity index is 1610. The first kappa shape index (κ1) is 59.4. The minimum atomic E-state index is -1.53. The normalized spacial score (nSPS) is 39.7. The number of ether oxygens (including phenoxy) is 8. The third kappa shape index (κ3) is 15.9. The van der Waals surface area contributed by atoms with E-state index in [4.69, 9.17) is 37.9 Å². The van der Waals surface area contributed by atoms with E-state index in [-0.39, 0.29) is 51.1 Å². The van der Waals surface area contributed by atoms with E-state index in [0.717, 1.165) is 0 Å². The molecule has 8 bridgehead atoms. The van der Waals surface area contributed by atoms with Crippen LogP contribution in [-0.2, 0) is 47.5 Å². The molecule has 12 aliphatic heterocycles. The molecule has 20 atom stereocenters. The maximum Gasteiger partial charge on any atom is 0.225 e. The molecule has 0 aromatic heterocycles. The first-order chi connectivity index (χ1) is 34.5. The fourth-order valence-corrected chi connectivity index (χ4v) is 11.9. The minimum absolute atomic E-state index is 0.00793. The molecule has 72 heavy (non-hydrogen) atoms. The number of thioether (sulfide) groups is 2. The van der Waals surface area contributed by atoms with Gasteiger partial charge in [0.25, 0.3) is 0 Å². The van der Waals surface area contributed by atoms with Gasteiger partial charge in [0.05, 0.1) is 51.0 Å². The molecule has 0 aliphatic carbocycles. The van der Waals surface area contributed by atoms with Crippen molar-refractivity contribution >= 4 is 35.2 Å². The van der Waals surface area contributed by atoms with Crippen LogP contribution in [-0.4, -0.2) is 241 Å². The van der Waals surface area contributed by atoms with Crippen LogP contribution in [0.5, 0.6) is 0 Å². The minimum Gasteiger partial charge on any atom is -0.394 e. The van der Waals surface area contributed by atoms with Crippen molar-refractivity contribution in [2.45, 2.75) is 182 Å². The summed E-state index contributed by atoms with van der Waals surface area (Å²) in [5.41, 5.74) is 1.28. The molecule has 12 saturated heterocycles.